The standard InChI is InChI=1S/4C25H36N6O4S/c4*1-5-8-20-22-23(31(4)29-20)25(32)28-24(27-22)19-16-18(10-11-21(19)35-15-6-2)36(33,34)26-13-12-17-9-7-14-30(17)3/h4*10-11,16-17,26H,5-9,12-15H2,1-4H3,(H,27,28,32)/i1D3,4D3,8D2,12D2,13D2;1D3,4D3,8D2,12D2,13D;1D3,4D3,8D2,12D2;5D2,12D2. The molecule has 0 amide bonds. The number of sulfonamides is 4. The molecule has 5 unspecified atom stereocenters. The Balaban J connectivity index is 0.000000196. The van der Waals surface area contributed by atoms with E-state index in [9.17, 15) is 52.8 Å². The number of rotatable bonds is 44. The van der Waals surface area contributed by atoms with Crippen LogP contribution in [0.1, 0.15) is 257 Å². The van der Waals surface area contributed by atoms with Crippen LogP contribution in [0.4, 0.5) is 0 Å². The molecule has 784 valence electrons. The zero-order valence-corrected chi connectivity index (χ0v) is 84.3. The third-order valence-electron chi connectivity index (χ3n) is 23.6. The number of nitrogens with one attached hydrogen (secondary N) is 8. The Morgan fingerprint density at radius 2 is 0.653 bits per heavy atom. The zero-order chi connectivity index (χ0) is 135. The minimum Gasteiger partial charge on any atom is -0.493 e. The summed E-state index contributed by atoms with van der Waals surface area (Å²) in [4.78, 5) is 86.2. The van der Waals surface area contributed by atoms with E-state index >= 15 is 0 Å². The number of aromatic nitrogens is 16. The van der Waals surface area contributed by atoms with Gasteiger partial charge < -0.3 is 58.5 Å². The first-order valence-corrected chi connectivity index (χ1v) is 52.4. The SMILES string of the molecule is [2H]C(NS(=O)(=O)c1ccc(OCCC)c(-c2nc3c(C([2H])([2H])CC([2H])([2H])[2H])nn(C([2H])([2H])[2H])c3c(=O)[nH]2)c1)C([2H])([2H])C1CCCN1C.[2H]C([2H])(C)Cc1nn(C)c2c(=O)[nH]c(-c3cc(S(=O)(=O)NCC([2H])([2H])C4CCCN4C)ccc3OCCC)nc12.[2H]C([2H])([2H])CC([2H])([2H])c1nn(C([2H])([2H])[2H])c2c(=O)[nH]c(-c3cc(S(=O)(=O)NC([2H])([2H])C([2H])([2H])C4CCCN4C)ccc3OCCC)nc12.[2H]C([2H])([2H])CC([2H])([2H])c1nn(C([2H])([2H])[2H])c2c(=O)[nH]c(-c3cc(S(=O)(=O)NCC([2H])([2H])C4CCCN4C)ccc3OCCC)nc12. The summed E-state index contributed by atoms with van der Waals surface area (Å²) in [7, 11) is -9.33. The van der Waals surface area contributed by atoms with E-state index in [4.69, 9.17) is 69.7 Å². The number of benzene rings is 4. The van der Waals surface area contributed by atoms with Crippen LogP contribution < -0.4 is 60.1 Å². The molecule has 144 heavy (non-hydrogen) atoms. The maximum atomic E-state index is 13.6. The van der Waals surface area contributed by atoms with Crippen LogP contribution >= 0.6 is 0 Å². The lowest BCUT2D eigenvalue weighted by Gasteiger charge is -2.19. The Bertz CT molecular complexity index is 8960. The van der Waals surface area contributed by atoms with Gasteiger partial charge in [-0.3, -0.25) is 37.9 Å². The molecular weight excluding hydrogens is 1920 g/mol. The highest BCUT2D eigenvalue weighted by atomic mass is 32.2. The van der Waals surface area contributed by atoms with Gasteiger partial charge in [0.2, 0.25) is 40.1 Å². The number of hydrogen-bond donors (Lipinski definition) is 8. The molecule has 40 nitrogen and oxygen atoms in total. The number of hydrogen-bond acceptors (Lipinski definition) is 28. The highest BCUT2D eigenvalue weighted by Gasteiger charge is 2.32. The second-order valence-corrected chi connectivity index (χ2v) is 40.8. The van der Waals surface area contributed by atoms with Gasteiger partial charge in [0.15, 0.2) is 22.1 Å². The maximum Gasteiger partial charge on any atom is 0.277 e. The molecule has 16 rings (SSSR count). The zero-order valence-electron chi connectivity index (χ0n) is 118. The maximum absolute atomic E-state index is 13.6. The predicted molar refractivity (Wildman–Crippen MR) is 559 cm³/mol. The van der Waals surface area contributed by atoms with Gasteiger partial charge in [0.05, 0.1) is 91.0 Å². The van der Waals surface area contributed by atoms with Gasteiger partial charge in [-0.1, -0.05) is 80.8 Å². The summed E-state index contributed by atoms with van der Waals surface area (Å²) in [5, 5.41) is 15.7. The largest absolute Gasteiger partial charge is 0.493 e. The lowest BCUT2D eigenvalue weighted by atomic mass is 10.1. The van der Waals surface area contributed by atoms with Crippen molar-refractivity contribution in [3.05, 3.63) is 137 Å². The van der Waals surface area contributed by atoms with Crippen molar-refractivity contribution in [3.63, 3.8) is 0 Å². The number of ether oxygens (including phenoxy) is 4. The molecule has 0 aliphatic carbocycles. The van der Waals surface area contributed by atoms with Crippen LogP contribution in [-0.2, 0) is 93.6 Å². The molecule has 4 aliphatic heterocycles. The number of fused-ring (bicyclic) bond motifs is 4. The number of likely N-dealkylation sites (tertiary alicyclic amines) is 4. The normalized spacial score (nSPS) is 22.2. The monoisotopic (exact) mass is 2100 g/mol. The van der Waals surface area contributed by atoms with Crippen LogP contribution in [-0.4, -0.2) is 263 Å². The van der Waals surface area contributed by atoms with Crippen LogP contribution in [0.25, 0.3) is 89.7 Å². The molecule has 12 aromatic rings. The van der Waals surface area contributed by atoms with Gasteiger partial charge in [-0.15, -0.1) is 0 Å². The number of aromatic amines is 4. The van der Waals surface area contributed by atoms with Gasteiger partial charge in [0, 0.05) is 129 Å². The number of nitrogens with zero attached hydrogens (tertiary/aromatic N) is 16. The summed E-state index contributed by atoms with van der Waals surface area (Å²) < 4.78 is 439. The van der Waals surface area contributed by atoms with Gasteiger partial charge in [-0.2, -0.15) is 20.4 Å². The molecule has 4 saturated heterocycles. The molecular formula is C100H144N24O16S4. The number of aryl methyl sites for hydroxylation is 8. The van der Waals surface area contributed by atoms with E-state index < -0.39 is 284 Å². The van der Waals surface area contributed by atoms with Crippen LogP contribution in [0.2, 0.25) is 0 Å². The highest BCUT2D eigenvalue weighted by Crippen LogP contribution is 2.38. The molecule has 0 bridgehead atoms. The second kappa shape index (κ2) is 49.9. The fraction of sp³-hybridized carbons (Fsp3) is 0.560. The first-order valence-electron chi connectivity index (χ1n) is 65.1. The van der Waals surface area contributed by atoms with E-state index in [1.165, 1.54) is 54.1 Å². The molecule has 8 aromatic heterocycles. The van der Waals surface area contributed by atoms with Crippen molar-refractivity contribution in [2.45, 2.75) is 253 Å². The first kappa shape index (κ1) is 69.9. The van der Waals surface area contributed by atoms with Gasteiger partial charge in [-0.25, -0.2) is 72.5 Å². The molecule has 4 aliphatic rings. The smallest absolute Gasteiger partial charge is 0.277 e. The molecule has 0 spiro atoms. The highest BCUT2D eigenvalue weighted by molar-refractivity contribution is 7.90. The van der Waals surface area contributed by atoms with Crippen LogP contribution in [0.15, 0.2) is 112 Å². The van der Waals surface area contributed by atoms with Crippen LogP contribution in [0, 0.1) is 0 Å². The van der Waals surface area contributed by atoms with E-state index in [1.54, 1.807) is 51.8 Å². The van der Waals surface area contributed by atoms with Crippen molar-refractivity contribution in [1.82, 2.24) is 117 Å². The molecule has 0 radical (unpaired) electrons. The molecule has 12 heterocycles. The van der Waals surface area contributed by atoms with Crippen molar-refractivity contribution in [2.75, 3.05) is 107 Å². The topological polar surface area (TPSA) is 489 Å². The van der Waals surface area contributed by atoms with E-state index in [0.717, 1.165) is 49.7 Å². The van der Waals surface area contributed by atoms with Crippen molar-refractivity contribution < 1.29 is 103 Å². The quantitative estimate of drug-likeness (QED) is 0.0176. The average molecular weight is 2100 g/mol. The number of H-pyrrole nitrogens is 4. The van der Waals surface area contributed by atoms with E-state index in [2.05, 4.69) is 74.4 Å². The molecule has 4 fully saturated rings. The average Bonchev–Trinajstić information content (AvgIpc) is 1.59. The minimum atomic E-state index is -4.81. The summed E-state index contributed by atoms with van der Waals surface area (Å²) in [5.74, 6) is -0.643. The fourth-order valence-corrected chi connectivity index (χ4v) is 19.9. The summed E-state index contributed by atoms with van der Waals surface area (Å²) in [6.45, 7) is -11.4. The molecule has 5 atom stereocenters. The van der Waals surface area contributed by atoms with Gasteiger partial charge >= 0.3 is 0 Å². The Labute approximate surface area is 895 Å². The summed E-state index contributed by atoms with van der Waals surface area (Å²) >= 11 is 0. The second-order valence-electron chi connectivity index (χ2n) is 33.8. The first-order chi connectivity index (χ1) is 83.0. The van der Waals surface area contributed by atoms with E-state index in [0.29, 0.717) is 107 Å². The van der Waals surface area contributed by atoms with E-state index in [-0.39, 0.29) is 119 Å². The third-order valence-corrected chi connectivity index (χ3v) is 28.9. The molecule has 4 aromatic carbocycles. The van der Waals surface area contributed by atoms with Gasteiger partial charge in [0.1, 0.15) is 68.4 Å². The van der Waals surface area contributed by atoms with Gasteiger partial charge in [-0.05, 0) is 255 Å². The third kappa shape index (κ3) is 26.5. The lowest BCUT2D eigenvalue weighted by molar-refractivity contribution is 0.297. The fourth-order valence-electron chi connectivity index (χ4n) is 16.3. The van der Waals surface area contributed by atoms with E-state index in [1.807, 2.05) is 35.4 Å². The van der Waals surface area contributed by atoms with Crippen molar-refractivity contribution >= 4 is 84.2 Å². The Morgan fingerprint density at radius 1 is 0.368 bits per heavy atom. The van der Waals surface area contributed by atoms with Crippen molar-refractivity contribution in [2.24, 2.45) is 28.0 Å². The molecule has 0 saturated carbocycles. The van der Waals surface area contributed by atoms with Crippen LogP contribution in [0.5, 0.6) is 23.0 Å². The Kier molecular flexibility index (Phi) is 24.2. The van der Waals surface area contributed by atoms with Crippen molar-refractivity contribution in [3.8, 4) is 68.5 Å². The summed E-state index contributed by atoms with van der Waals surface area (Å²) in [6.07, 6.45) is -14.6. The lowest BCUT2D eigenvalue weighted by Crippen LogP contribution is -2.31. The minimum absolute atomic E-state index is 0.0144. The predicted octanol–water partition coefficient (Wildman–Crippen LogP) is 11.3. The van der Waals surface area contributed by atoms with Crippen molar-refractivity contribution in [1.29, 1.82) is 0 Å². The Morgan fingerprint density at radius 3 is 0.944 bits per heavy atom. The summed E-state index contributed by atoms with van der Waals surface area (Å²) in [6, 6.07) is 12.2. The van der Waals surface area contributed by atoms with Crippen LogP contribution in [0.3, 0.4) is 0 Å². The summed E-state index contributed by atoms with van der Waals surface area (Å²) in [5.41, 5.74) is -9.01. The van der Waals surface area contributed by atoms with Gasteiger partial charge in [0.25, 0.3) is 22.2 Å². The Hall–Kier alpha value is -11.0. The molecule has 8 N–H and O–H groups in total. The molecule has 44 heteroatoms.